The predicted octanol–water partition coefficient (Wildman–Crippen LogP) is 3.80. The van der Waals surface area contributed by atoms with Crippen LogP contribution in [0.4, 0.5) is 5.69 Å². The Kier molecular flexibility index (Phi) is 6.70. The number of sulfonamides is 1. The number of benzene rings is 2. The van der Waals surface area contributed by atoms with Crippen LogP contribution in [-0.2, 0) is 14.8 Å². The van der Waals surface area contributed by atoms with Gasteiger partial charge in [0.2, 0.25) is 5.91 Å². The third kappa shape index (κ3) is 5.03. The van der Waals surface area contributed by atoms with E-state index in [0.717, 1.165) is 17.1 Å². The molecule has 0 N–H and O–H groups in total. The van der Waals surface area contributed by atoms with Crippen LogP contribution in [0.3, 0.4) is 0 Å². The maximum atomic E-state index is 13.4. The number of ether oxygens (including phenoxy) is 1. The molecule has 2 aromatic carbocycles. The van der Waals surface area contributed by atoms with Crippen LogP contribution >= 0.6 is 11.6 Å². The van der Waals surface area contributed by atoms with Crippen molar-refractivity contribution in [2.24, 2.45) is 5.92 Å². The largest absolute Gasteiger partial charge is 0.497 e. The lowest BCUT2D eigenvalue weighted by atomic mass is 10.0. The molecule has 2 aromatic rings. The summed E-state index contributed by atoms with van der Waals surface area (Å²) >= 11 is 6.10. The standard InChI is InChI=1S/C21H25ClN2O4S/c1-16-5-4-12-23(14-16)21(25)15-24(18-7-3-6-17(22)13-18)29(26,27)20-10-8-19(28-2)9-11-20/h3,6-11,13,16H,4-5,12,14-15H2,1-2H3/t16-/m0/s1. The average molecular weight is 437 g/mol. The highest BCUT2D eigenvalue weighted by Gasteiger charge is 2.30. The van der Waals surface area contributed by atoms with E-state index in [4.69, 9.17) is 16.3 Å². The van der Waals surface area contributed by atoms with E-state index in [9.17, 15) is 13.2 Å². The van der Waals surface area contributed by atoms with Gasteiger partial charge in [-0.1, -0.05) is 24.6 Å². The van der Waals surface area contributed by atoms with Crippen LogP contribution in [-0.4, -0.2) is 46.0 Å². The van der Waals surface area contributed by atoms with E-state index in [0.29, 0.717) is 35.5 Å². The molecule has 8 heteroatoms. The van der Waals surface area contributed by atoms with Gasteiger partial charge in [0.25, 0.3) is 10.0 Å². The van der Waals surface area contributed by atoms with Gasteiger partial charge in [0, 0.05) is 18.1 Å². The van der Waals surface area contributed by atoms with Crippen molar-refractivity contribution in [1.82, 2.24) is 4.90 Å². The van der Waals surface area contributed by atoms with E-state index in [1.165, 1.54) is 19.2 Å². The summed E-state index contributed by atoms with van der Waals surface area (Å²) in [6, 6.07) is 12.6. The second-order valence-electron chi connectivity index (χ2n) is 7.25. The molecule has 1 saturated heterocycles. The van der Waals surface area contributed by atoms with Gasteiger partial charge >= 0.3 is 0 Å². The lowest BCUT2D eigenvalue weighted by Crippen LogP contribution is -2.46. The summed E-state index contributed by atoms with van der Waals surface area (Å²) in [6.45, 7) is 3.11. The molecule has 3 rings (SSSR count). The molecule has 29 heavy (non-hydrogen) atoms. The first-order valence-electron chi connectivity index (χ1n) is 9.51. The normalized spacial score (nSPS) is 17.1. The smallest absolute Gasteiger partial charge is 0.264 e. The van der Waals surface area contributed by atoms with Gasteiger partial charge in [-0.25, -0.2) is 8.42 Å². The van der Waals surface area contributed by atoms with Crippen molar-refractivity contribution in [2.75, 3.05) is 31.0 Å². The minimum atomic E-state index is -3.97. The minimum Gasteiger partial charge on any atom is -0.497 e. The molecule has 1 aliphatic rings. The zero-order valence-corrected chi connectivity index (χ0v) is 18.1. The lowest BCUT2D eigenvalue weighted by molar-refractivity contribution is -0.131. The number of halogens is 1. The Morgan fingerprint density at radius 1 is 1.24 bits per heavy atom. The monoisotopic (exact) mass is 436 g/mol. The van der Waals surface area contributed by atoms with Crippen molar-refractivity contribution in [2.45, 2.75) is 24.7 Å². The molecule has 1 atom stereocenters. The molecule has 0 unspecified atom stereocenters. The molecule has 1 fully saturated rings. The number of nitrogens with zero attached hydrogens (tertiary/aromatic N) is 2. The molecule has 0 aliphatic carbocycles. The summed E-state index contributed by atoms with van der Waals surface area (Å²) in [4.78, 5) is 14.8. The van der Waals surface area contributed by atoms with E-state index >= 15 is 0 Å². The van der Waals surface area contributed by atoms with Gasteiger partial charge in [-0.3, -0.25) is 9.10 Å². The summed E-state index contributed by atoms with van der Waals surface area (Å²) in [5.41, 5.74) is 0.353. The molecule has 1 aliphatic heterocycles. The van der Waals surface area contributed by atoms with Crippen molar-refractivity contribution >= 4 is 33.2 Å². The molecule has 156 valence electrons. The van der Waals surface area contributed by atoms with Crippen molar-refractivity contribution in [3.8, 4) is 5.75 Å². The predicted molar refractivity (Wildman–Crippen MR) is 114 cm³/mol. The SMILES string of the molecule is COc1ccc(S(=O)(=O)N(CC(=O)N2CCC[C@H](C)C2)c2cccc(Cl)c2)cc1. The lowest BCUT2D eigenvalue weighted by Gasteiger charge is -2.33. The van der Waals surface area contributed by atoms with E-state index < -0.39 is 10.0 Å². The van der Waals surface area contributed by atoms with Gasteiger partial charge in [-0.2, -0.15) is 0 Å². The molecule has 0 aromatic heterocycles. The molecule has 0 bridgehead atoms. The molecule has 0 spiro atoms. The maximum absolute atomic E-state index is 13.4. The number of anilines is 1. The van der Waals surface area contributed by atoms with Gasteiger partial charge in [0.05, 0.1) is 17.7 Å². The Labute approximate surface area is 177 Å². The Morgan fingerprint density at radius 2 is 1.97 bits per heavy atom. The zero-order chi connectivity index (χ0) is 21.0. The first-order chi connectivity index (χ1) is 13.8. The molecular weight excluding hydrogens is 412 g/mol. The molecule has 1 heterocycles. The Balaban J connectivity index is 1.95. The highest BCUT2D eigenvalue weighted by molar-refractivity contribution is 7.92. The van der Waals surface area contributed by atoms with Gasteiger partial charge in [-0.05, 0) is 61.2 Å². The summed E-state index contributed by atoms with van der Waals surface area (Å²) in [5, 5.41) is 0.400. The van der Waals surface area contributed by atoms with Gasteiger partial charge in [-0.15, -0.1) is 0 Å². The van der Waals surface area contributed by atoms with Gasteiger partial charge in [0.15, 0.2) is 0 Å². The molecule has 0 saturated carbocycles. The van der Waals surface area contributed by atoms with E-state index in [1.54, 1.807) is 41.3 Å². The van der Waals surface area contributed by atoms with E-state index in [-0.39, 0.29) is 17.3 Å². The fourth-order valence-electron chi connectivity index (χ4n) is 3.46. The third-order valence-electron chi connectivity index (χ3n) is 5.03. The quantitative estimate of drug-likeness (QED) is 0.690. The van der Waals surface area contributed by atoms with Crippen molar-refractivity contribution in [3.63, 3.8) is 0 Å². The van der Waals surface area contributed by atoms with Crippen molar-refractivity contribution in [1.29, 1.82) is 0 Å². The number of amides is 1. The number of methoxy groups -OCH3 is 1. The first-order valence-corrected chi connectivity index (χ1v) is 11.3. The van der Waals surface area contributed by atoms with Crippen LogP contribution in [0.15, 0.2) is 53.4 Å². The second-order valence-corrected chi connectivity index (χ2v) is 9.55. The van der Waals surface area contributed by atoms with Crippen LogP contribution in [0.5, 0.6) is 5.75 Å². The van der Waals surface area contributed by atoms with Crippen LogP contribution in [0.25, 0.3) is 0 Å². The summed E-state index contributed by atoms with van der Waals surface area (Å²) < 4.78 is 33.0. The molecule has 1 amide bonds. The van der Waals surface area contributed by atoms with E-state index in [2.05, 4.69) is 6.92 Å². The van der Waals surface area contributed by atoms with Crippen LogP contribution in [0.1, 0.15) is 19.8 Å². The number of hydrogen-bond donors (Lipinski definition) is 0. The third-order valence-corrected chi connectivity index (χ3v) is 7.06. The number of hydrogen-bond acceptors (Lipinski definition) is 4. The number of rotatable bonds is 6. The highest BCUT2D eigenvalue weighted by Crippen LogP contribution is 2.27. The second kappa shape index (κ2) is 9.05. The van der Waals surface area contributed by atoms with E-state index in [1.807, 2.05) is 0 Å². The number of piperidine rings is 1. The Bertz CT molecular complexity index is 963. The summed E-state index contributed by atoms with van der Waals surface area (Å²) in [7, 11) is -2.46. The fraction of sp³-hybridized carbons (Fsp3) is 0.381. The molecule has 0 radical (unpaired) electrons. The fourth-order valence-corrected chi connectivity index (χ4v) is 5.05. The summed E-state index contributed by atoms with van der Waals surface area (Å²) in [6.07, 6.45) is 2.00. The van der Waals surface area contributed by atoms with Gasteiger partial charge < -0.3 is 9.64 Å². The van der Waals surface area contributed by atoms with Gasteiger partial charge in [0.1, 0.15) is 12.3 Å². The first kappa shape index (κ1) is 21.5. The number of carbonyl (C=O) groups is 1. The minimum absolute atomic E-state index is 0.0816. The topological polar surface area (TPSA) is 66.9 Å². The van der Waals surface area contributed by atoms with Crippen LogP contribution < -0.4 is 9.04 Å². The van der Waals surface area contributed by atoms with Crippen LogP contribution in [0.2, 0.25) is 5.02 Å². The molecular formula is C21H25ClN2O4S. The zero-order valence-electron chi connectivity index (χ0n) is 16.5. The number of likely N-dealkylation sites (tertiary alicyclic amines) is 1. The van der Waals surface area contributed by atoms with Crippen molar-refractivity contribution < 1.29 is 17.9 Å². The maximum Gasteiger partial charge on any atom is 0.264 e. The molecule has 6 nitrogen and oxygen atoms in total. The summed E-state index contributed by atoms with van der Waals surface area (Å²) in [5.74, 6) is 0.746. The Morgan fingerprint density at radius 3 is 2.59 bits per heavy atom. The Hall–Kier alpha value is -2.25. The number of carbonyl (C=O) groups excluding carboxylic acids is 1. The average Bonchev–Trinajstić information content (AvgIpc) is 2.71. The highest BCUT2D eigenvalue weighted by atomic mass is 35.5. The van der Waals surface area contributed by atoms with Crippen molar-refractivity contribution in [3.05, 3.63) is 53.6 Å². The van der Waals surface area contributed by atoms with Crippen LogP contribution in [0, 0.1) is 5.92 Å².